The molecule has 0 amide bonds. The van der Waals surface area contributed by atoms with E-state index in [4.69, 9.17) is 5.73 Å². The van der Waals surface area contributed by atoms with Crippen LogP contribution in [0.4, 0.5) is 5.82 Å². The number of nitrogen functional groups attached to an aromatic ring is 1. The Labute approximate surface area is 132 Å². The molecule has 2 N–H and O–H groups in total. The highest BCUT2D eigenvalue weighted by molar-refractivity contribution is 5.30. The van der Waals surface area contributed by atoms with Gasteiger partial charge in [0.1, 0.15) is 5.82 Å². The first-order valence-corrected chi connectivity index (χ1v) is 8.65. The molecule has 0 aliphatic rings. The molecule has 0 saturated carbocycles. The number of hydrogen-bond donors (Lipinski definition) is 1. The number of anilines is 1. The lowest BCUT2D eigenvalue weighted by Gasteiger charge is -2.27. The van der Waals surface area contributed by atoms with Gasteiger partial charge in [-0.05, 0) is 49.9 Å². The van der Waals surface area contributed by atoms with E-state index in [2.05, 4.69) is 36.7 Å². The molecule has 0 spiro atoms. The topological polar surface area (TPSA) is 42.1 Å². The molecule has 0 radical (unpaired) electrons. The molecule has 3 nitrogen and oxygen atoms in total. The maximum atomic E-state index is 5.68. The van der Waals surface area contributed by atoms with Crippen LogP contribution < -0.4 is 5.73 Å². The number of hydrogen-bond acceptors (Lipinski definition) is 3. The van der Waals surface area contributed by atoms with Gasteiger partial charge in [-0.2, -0.15) is 0 Å². The van der Waals surface area contributed by atoms with Crippen LogP contribution >= 0.6 is 0 Å². The lowest BCUT2D eigenvalue weighted by molar-refractivity contribution is 0.252. The zero-order valence-electron chi connectivity index (χ0n) is 14.7. The Kier molecular flexibility index (Phi) is 12.0. The van der Waals surface area contributed by atoms with Gasteiger partial charge in [0.05, 0.1) is 0 Å². The molecule has 0 saturated heterocycles. The summed E-state index contributed by atoms with van der Waals surface area (Å²) in [6.45, 7) is 14.3. The fourth-order valence-electron chi connectivity index (χ4n) is 2.61. The highest BCUT2D eigenvalue weighted by Crippen LogP contribution is 2.22. The minimum atomic E-state index is 0.580. The van der Waals surface area contributed by atoms with E-state index in [-0.39, 0.29) is 0 Å². The molecule has 0 aliphatic carbocycles. The van der Waals surface area contributed by atoms with Crippen molar-refractivity contribution in [1.82, 2.24) is 9.88 Å². The summed E-state index contributed by atoms with van der Waals surface area (Å²) in [6, 6.07) is 4.06. The van der Waals surface area contributed by atoms with Gasteiger partial charge < -0.3 is 10.6 Å². The number of pyridine rings is 1. The van der Waals surface area contributed by atoms with Gasteiger partial charge in [0.15, 0.2) is 0 Å². The molecule has 1 heterocycles. The predicted octanol–water partition coefficient (Wildman–Crippen LogP) is 4.70. The minimum Gasteiger partial charge on any atom is -0.384 e. The third-order valence-electron chi connectivity index (χ3n) is 3.48. The molecular weight excluding hydrogens is 258 g/mol. The second-order valence-electron chi connectivity index (χ2n) is 5.30. The van der Waals surface area contributed by atoms with Gasteiger partial charge >= 0.3 is 0 Å². The number of nitrogens with zero attached hydrogens (tertiary/aromatic N) is 2. The Hall–Kier alpha value is -1.09. The summed E-state index contributed by atoms with van der Waals surface area (Å²) in [5.41, 5.74) is 7.00. The van der Waals surface area contributed by atoms with Gasteiger partial charge in [-0.15, -0.1) is 0 Å². The fourth-order valence-corrected chi connectivity index (χ4v) is 2.61. The fraction of sp³-hybridized carbons (Fsp3) is 0.722. The van der Waals surface area contributed by atoms with Crippen molar-refractivity contribution in [2.24, 2.45) is 0 Å². The van der Waals surface area contributed by atoms with E-state index < -0.39 is 0 Å². The normalized spacial score (nSPS) is 11.9. The van der Waals surface area contributed by atoms with Crippen LogP contribution in [-0.4, -0.2) is 29.5 Å². The third-order valence-corrected chi connectivity index (χ3v) is 3.48. The predicted molar refractivity (Wildman–Crippen MR) is 94.7 cm³/mol. The smallest absolute Gasteiger partial charge is 0.123 e. The van der Waals surface area contributed by atoms with Crippen LogP contribution in [0.25, 0.3) is 0 Å². The Balaban J connectivity index is 0.00000191. The third kappa shape index (κ3) is 8.05. The summed E-state index contributed by atoms with van der Waals surface area (Å²) in [7, 11) is 0. The Morgan fingerprint density at radius 1 is 1.05 bits per heavy atom. The average Bonchev–Trinajstić information content (AvgIpc) is 2.50. The quantitative estimate of drug-likeness (QED) is 0.718. The molecule has 0 fully saturated rings. The van der Waals surface area contributed by atoms with Crippen molar-refractivity contribution in [3.05, 3.63) is 23.9 Å². The first kappa shape index (κ1) is 19.9. The van der Waals surface area contributed by atoms with E-state index in [0.29, 0.717) is 11.7 Å². The van der Waals surface area contributed by atoms with Gasteiger partial charge in [-0.3, -0.25) is 0 Å². The summed E-state index contributed by atoms with van der Waals surface area (Å²) in [5.74, 6) is 1.19. The van der Waals surface area contributed by atoms with Crippen LogP contribution in [0.15, 0.2) is 18.3 Å². The molecule has 0 aliphatic heterocycles. The maximum Gasteiger partial charge on any atom is 0.123 e. The van der Waals surface area contributed by atoms with Crippen LogP contribution in [-0.2, 0) is 0 Å². The summed E-state index contributed by atoms with van der Waals surface area (Å²) >= 11 is 0. The zero-order valence-corrected chi connectivity index (χ0v) is 14.7. The molecule has 0 bridgehead atoms. The second kappa shape index (κ2) is 12.6. The molecule has 21 heavy (non-hydrogen) atoms. The summed E-state index contributed by atoms with van der Waals surface area (Å²) in [5, 5.41) is 0. The Morgan fingerprint density at radius 3 is 2.10 bits per heavy atom. The number of nitrogens with two attached hydrogens (primary N) is 1. The molecule has 3 heteroatoms. The summed E-state index contributed by atoms with van der Waals surface area (Å²) < 4.78 is 0. The van der Waals surface area contributed by atoms with Gasteiger partial charge in [0.2, 0.25) is 0 Å². The van der Waals surface area contributed by atoms with Gasteiger partial charge in [0.25, 0.3) is 0 Å². The molecule has 0 aromatic carbocycles. The van der Waals surface area contributed by atoms with Gasteiger partial charge in [-0.25, -0.2) is 4.98 Å². The maximum absolute atomic E-state index is 5.68. The highest BCUT2D eigenvalue weighted by Gasteiger charge is 2.15. The monoisotopic (exact) mass is 293 g/mol. The van der Waals surface area contributed by atoms with Crippen LogP contribution in [0.1, 0.15) is 71.8 Å². The molecule has 1 atom stereocenters. The van der Waals surface area contributed by atoms with Gasteiger partial charge in [-0.1, -0.05) is 47.1 Å². The summed E-state index contributed by atoms with van der Waals surface area (Å²) in [4.78, 5) is 6.82. The highest BCUT2D eigenvalue weighted by atomic mass is 15.1. The van der Waals surface area contributed by atoms with E-state index in [1.54, 1.807) is 0 Å². The van der Waals surface area contributed by atoms with E-state index >= 15 is 0 Å². The van der Waals surface area contributed by atoms with Gasteiger partial charge in [0, 0.05) is 12.7 Å². The molecule has 1 aromatic rings. The number of aromatic nitrogens is 1. The van der Waals surface area contributed by atoms with Crippen LogP contribution in [0.2, 0.25) is 0 Å². The lowest BCUT2D eigenvalue weighted by Crippen LogP contribution is -2.30. The molecular formula is C18H35N3. The van der Waals surface area contributed by atoms with Crippen molar-refractivity contribution in [1.29, 1.82) is 0 Å². The van der Waals surface area contributed by atoms with E-state index in [0.717, 1.165) is 6.54 Å². The van der Waals surface area contributed by atoms with E-state index in [9.17, 15) is 0 Å². The Morgan fingerprint density at radius 2 is 1.67 bits per heavy atom. The first-order chi connectivity index (χ1) is 10.2. The number of rotatable bonds is 9. The second-order valence-corrected chi connectivity index (χ2v) is 5.30. The molecule has 1 aromatic heterocycles. The molecule has 1 unspecified atom stereocenters. The van der Waals surface area contributed by atoms with Crippen LogP contribution in [0.5, 0.6) is 0 Å². The average molecular weight is 293 g/mol. The van der Waals surface area contributed by atoms with Crippen molar-refractivity contribution in [3.8, 4) is 0 Å². The SMILES string of the molecule is CC.CCCC(CN(CCC)CCC)c1ccc(N)nc1. The van der Waals surface area contributed by atoms with Crippen molar-refractivity contribution in [3.63, 3.8) is 0 Å². The zero-order chi connectivity index (χ0) is 16.1. The van der Waals surface area contributed by atoms with Crippen molar-refractivity contribution in [2.45, 2.75) is 66.2 Å². The molecule has 1 rings (SSSR count). The van der Waals surface area contributed by atoms with Crippen molar-refractivity contribution >= 4 is 5.82 Å². The largest absolute Gasteiger partial charge is 0.384 e. The standard InChI is InChI=1S/C16H29N3.C2H6/c1-4-7-15(13-19(10-5-2)11-6-3)14-8-9-16(17)18-12-14;1-2/h8-9,12,15H,4-7,10-11,13H2,1-3H3,(H2,17,18);1-2H3. The van der Waals surface area contributed by atoms with E-state index in [1.807, 2.05) is 26.1 Å². The first-order valence-electron chi connectivity index (χ1n) is 8.65. The van der Waals surface area contributed by atoms with E-state index in [1.165, 1.54) is 44.3 Å². The van der Waals surface area contributed by atoms with Crippen molar-refractivity contribution in [2.75, 3.05) is 25.4 Å². The molecule has 122 valence electrons. The van der Waals surface area contributed by atoms with Crippen molar-refractivity contribution < 1.29 is 0 Å². The minimum absolute atomic E-state index is 0.580. The Bertz CT molecular complexity index is 329. The lowest BCUT2D eigenvalue weighted by atomic mass is 9.95. The van der Waals surface area contributed by atoms with Crippen LogP contribution in [0.3, 0.4) is 0 Å². The summed E-state index contributed by atoms with van der Waals surface area (Å²) in [6.07, 6.45) is 6.82. The van der Waals surface area contributed by atoms with Crippen LogP contribution in [0, 0.1) is 0 Å².